The third kappa shape index (κ3) is 10.4. The lowest BCUT2D eigenvalue weighted by atomic mass is 9.13. The van der Waals surface area contributed by atoms with Crippen molar-refractivity contribution in [2.75, 3.05) is 6.54 Å². The maximum atomic E-state index is 13.7. The molecule has 236 valence electrons. The van der Waals surface area contributed by atoms with Crippen molar-refractivity contribution in [3.8, 4) is 0 Å². The van der Waals surface area contributed by atoms with E-state index in [0.29, 0.717) is 0 Å². The first kappa shape index (κ1) is 35.1. The van der Waals surface area contributed by atoms with Crippen molar-refractivity contribution >= 4 is 28.0 Å². The summed E-state index contributed by atoms with van der Waals surface area (Å²) in [7, 11) is 0. The molecule has 0 aliphatic rings. The molecule has 0 aromatic heterocycles. The molecule has 1 nitrogen and oxygen atoms in total. The van der Waals surface area contributed by atoms with E-state index in [2.05, 4.69) is 12.7 Å². The summed E-state index contributed by atoms with van der Waals surface area (Å²) in [5, 5.41) is 0. The highest BCUT2D eigenvalue weighted by atomic mass is 19.1. The molecule has 0 bridgehead atoms. The first-order valence-electron chi connectivity index (χ1n) is 16.4. The molecule has 4 aromatic carbocycles. The molecule has 0 amide bonds. The van der Waals surface area contributed by atoms with Crippen LogP contribution < -0.4 is 27.6 Å². The molecular weight excluding hydrogens is 557 g/mol. The fourth-order valence-corrected chi connectivity index (χ4v) is 6.18. The lowest BCUT2D eigenvalue weighted by molar-refractivity contribution is -0.368. The van der Waals surface area contributed by atoms with Crippen LogP contribution in [-0.4, -0.2) is 12.7 Å². The second-order valence-electron chi connectivity index (χ2n) is 11.8. The van der Waals surface area contributed by atoms with Gasteiger partial charge in [-0.1, -0.05) is 120 Å². The Labute approximate surface area is 261 Å². The van der Waals surface area contributed by atoms with Crippen LogP contribution in [0.3, 0.4) is 0 Å². The fraction of sp³-hybridized carbons (Fsp3) is 0.368. The second kappa shape index (κ2) is 19.1. The van der Waals surface area contributed by atoms with Gasteiger partial charge in [-0.05, 0) is 61.4 Å². The molecule has 0 unspecified atom stereocenters. The monoisotopic (exact) mass is 605 g/mol. The molecule has 4 aromatic rings. The molecular formula is C38H48BF4N. The van der Waals surface area contributed by atoms with E-state index in [0.717, 1.165) is 28.4 Å². The number of benzene rings is 4. The van der Waals surface area contributed by atoms with Crippen LogP contribution in [0.5, 0.6) is 0 Å². The van der Waals surface area contributed by atoms with Crippen LogP contribution in [0.2, 0.25) is 0 Å². The Hall–Kier alpha value is -3.38. The highest BCUT2D eigenvalue weighted by Crippen LogP contribution is 2.13. The molecule has 0 fully saturated rings. The highest BCUT2D eigenvalue weighted by molar-refractivity contribution is 7.19. The van der Waals surface area contributed by atoms with Crippen molar-refractivity contribution < 1.29 is 23.3 Å². The van der Waals surface area contributed by atoms with Gasteiger partial charge in [0.2, 0.25) is 0 Å². The summed E-state index contributed by atoms with van der Waals surface area (Å²) in [4.78, 5) is 0. The van der Waals surface area contributed by atoms with Crippen LogP contribution in [-0.2, 0) is 0 Å². The lowest BCUT2D eigenvalue weighted by Gasteiger charge is -2.44. The lowest BCUT2D eigenvalue weighted by Crippen LogP contribution is -2.74. The van der Waals surface area contributed by atoms with Crippen molar-refractivity contribution in [3.05, 3.63) is 120 Å². The van der Waals surface area contributed by atoms with Crippen LogP contribution in [0.25, 0.3) is 0 Å². The predicted molar refractivity (Wildman–Crippen MR) is 179 cm³/mol. The number of quaternary nitrogens is 1. The van der Waals surface area contributed by atoms with Crippen molar-refractivity contribution in [3.63, 3.8) is 0 Å². The Kier molecular flexibility index (Phi) is 15.2. The van der Waals surface area contributed by atoms with Crippen LogP contribution >= 0.6 is 0 Å². The van der Waals surface area contributed by atoms with Gasteiger partial charge in [0.15, 0.2) is 0 Å². The maximum absolute atomic E-state index is 13.7. The number of halogens is 4. The molecule has 6 heteroatoms. The Morgan fingerprint density at radius 2 is 0.614 bits per heavy atom. The standard InChI is InChI=1S/C24H16BF4.C14H31N/c26-21-9-1-17(2-10-21)25(18-3-11-22(27)12-4-18,19-5-13-23(28)14-6-19)20-7-15-24(29)16-8-20;1-2-3-4-5-6-7-8-9-10-11-12-13-14-15/h1-16H;2-15H2,1H3/q-1;/p+1. The quantitative estimate of drug-likeness (QED) is 0.0776. The first-order chi connectivity index (χ1) is 21.4. The zero-order chi connectivity index (χ0) is 31.6. The predicted octanol–water partition coefficient (Wildman–Crippen LogP) is 7.55. The molecule has 3 N–H and O–H groups in total. The Bertz CT molecular complexity index is 1120. The Morgan fingerprint density at radius 3 is 0.841 bits per heavy atom. The van der Waals surface area contributed by atoms with E-state index in [1.165, 1.54) is 126 Å². The van der Waals surface area contributed by atoms with Gasteiger partial charge in [-0.25, -0.2) is 17.6 Å². The highest BCUT2D eigenvalue weighted by Gasteiger charge is 2.32. The van der Waals surface area contributed by atoms with E-state index in [1.807, 2.05) is 0 Å². The summed E-state index contributed by atoms with van der Waals surface area (Å²) in [6, 6.07) is 24.1. The molecule has 0 heterocycles. The molecule has 0 saturated carbocycles. The summed E-state index contributed by atoms with van der Waals surface area (Å²) in [5.41, 5.74) is 6.85. The van der Waals surface area contributed by atoms with Gasteiger partial charge in [-0.2, -0.15) is 21.9 Å². The van der Waals surface area contributed by atoms with E-state index in [1.54, 1.807) is 48.5 Å². The van der Waals surface area contributed by atoms with Crippen LogP contribution in [0.15, 0.2) is 97.1 Å². The smallest absolute Gasteiger partial charge is 0.122 e. The largest absolute Gasteiger partial charge is 0.358 e. The van der Waals surface area contributed by atoms with E-state index in [-0.39, 0.29) is 0 Å². The fourth-order valence-electron chi connectivity index (χ4n) is 6.18. The molecule has 0 saturated heterocycles. The van der Waals surface area contributed by atoms with Crippen LogP contribution in [0, 0.1) is 23.3 Å². The number of hydrogen-bond acceptors (Lipinski definition) is 0. The maximum Gasteiger partial charge on any atom is 0.122 e. The summed E-state index contributed by atoms with van der Waals surface area (Å²) in [5.74, 6) is -1.57. The summed E-state index contributed by atoms with van der Waals surface area (Å²) >= 11 is 0. The minimum atomic E-state index is -1.94. The van der Waals surface area contributed by atoms with E-state index in [9.17, 15) is 17.6 Å². The van der Waals surface area contributed by atoms with Gasteiger partial charge in [0.05, 0.1) is 6.54 Å². The summed E-state index contributed by atoms with van der Waals surface area (Å²) in [6.07, 6.45) is 15.3. The third-order valence-electron chi connectivity index (χ3n) is 8.58. The van der Waals surface area contributed by atoms with Crippen LogP contribution in [0.4, 0.5) is 17.6 Å². The first-order valence-corrected chi connectivity index (χ1v) is 16.4. The van der Waals surface area contributed by atoms with E-state index in [4.69, 9.17) is 0 Å². The van der Waals surface area contributed by atoms with Crippen LogP contribution in [0.1, 0.15) is 84.0 Å². The molecule has 44 heavy (non-hydrogen) atoms. The van der Waals surface area contributed by atoms with Gasteiger partial charge < -0.3 is 5.73 Å². The third-order valence-corrected chi connectivity index (χ3v) is 8.58. The van der Waals surface area contributed by atoms with E-state index >= 15 is 0 Å². The Morgan fingerprint density at radius 1 is 0.386 bits per heavy atom. The van der Waals surface area contributed by atoms with Gasteiger partial charge >= 0.3 is 0 Å². The molecule has 0 aliphatic carbocycles. The molecule has 0 radical (unpaired) electrons. The van der Waals surface area contributed by atoms with Crippen molar-refractivity contribution in [2.24, 2.45) is 0 Å². The van der Waals surface area contributed by atoms with Crippen molar-refractivity contribution in [1.82, 2.24) is 0 Å². The average Bonchev–Trinajstić information content (AvgIpc) is 3.04. The second-order valence-corrected chi connectivity index (χ2v) is 11.8. The van der Waals surface area contributed by atoms with Gasteiger partial charge in [-0.15, -0.1) is 0 Å². The molecule has 4 rings (SSSR count). The normalized spacial score (nSPS) is 11.2. The zero-order valence-corrected chi connectivity index (χ0v) is 26.2. The summed E-state index contributed by atoms with van der Waals surface area (Å²) in [6.45, 7) is 3.41. The van der Waals surface area contributed by atoms with Gasteiger partial charge in [-0.3, -0.25) is 0 Å². The van der Waals surface area contributed by atoms with E-state index < -0.39 is 29.4 Å². The minimum Gasteiger partial charge on any atom is -0.358 e. The molecule has 0 atom stereocenters. The van der Waals surface area contributed by atoms with Crippen molar-refractivity contribution in [2.45, 2.75) is 84.0 Å². The molecule has 0 aliphatic heterocycles. The average molecular weight is 606 g/mol. The van der Waals surface area contributed by atoms with Crippen molar-refractivity contribution in [1.29, 1.82) is 0 Å². The Balaban J connectivity index is 0.000000301. The van der Waals surface area contributed by atoms with Gasteiger partial charge in [0.25, 0.3) is 0 Å². The zero-order valence-electron chi connectivity index (χ0n) is 26.2. The number of rotatable bonds is 16. The number of unbranched alkanes of at least 4 members (excludes halogenated alkanes) is 11. The number of hydrogen-bond donors (Lipinski definition) is 1. The topological polar surface area (TPSA) is 27.6 Å². The van der Waals surface area contributed by atoms with Gasteiger partial charge in [0.1, 0.15) is 29.4 Å². The molecule has 0 spiro atoms. The summed E-state index contributed by atoms with van der Waals surface area (Å²) < 4.78 is 54.8. The minimum absolute atomic E-state index is 0.393. The van der Waals surface area contributed by atoms with Gasteiger partial charge in [0, 0.05) is 0 Å². The SMILES string of the molecule is CCCCCCCCCCCCCC[NH3+].Fc1ccc([B-](c2ccc(F)cc2)(c2ccc(F)cc2)c2ccc(F)cc2)cc1.